The van der Waals surface area contributed by atoms with Crippen LogP contribution in [0, 0.1) is 10.1 Å². The van der Waals surface area contributed by atoms with Crippen molar-refractivity contribution in [3.8, 4) is 0 Å². The number of aryl methyl sites for hydroxylation is 1. The first-order chi connectivity index (χ1) is 11.5. The van der Waals surface area contributed by atoms with Crippen LogP contribution in [0.5, 0.6) is 0 Å². The second kappa shape index (κ2) is 8.02. The number of hydrogen-bond acceptors (Lipinski definition) is 4. The molecule has 0 aromatic heterocycles. The Morgan fingerprint density at radius 1 is 1.17 bits per heavy atom. The van der Waals surface area contributed by atoms with Crippen molar-refractivity contribution in [1.29, 1.82) is 0 Å². The molecule has 0 spiro atoms. The van der Waals surface area contributed by atoms with E-state index in [1.807, 2.05) is 24.3 Å². The van der Waals surface area contributed by atoms with Gasteiger partial charge in [0, 0.05) is 23.4 Å². The number of hydrazine groups is 1. The Morgan fingerprint density at radius 2 is 1.88 bits per heavy atom. The number of nitrogens with one attached hydrogen (secondary N) is 3. The zero-order valence-electron chi connectivity index (χ0n) is 12.9. The van der Waals surface area contributed by atoms with Gasteiger partial charge in [-0.3, -0.25) is 25.8 Å². The van der Waals surface area contributed by atoms with Gasteiger partial charge in [-0.25, -0.2) is 0 Å². The second-order valence-electron chi connectivity index (χ2n) is 4.89. The zero-order chi connectivity index (χ0) is 17.5. The number of rotatable bonds is 4. The van der Waals surface area contributed by atoms with Crippen molar-refractivity contribution < 1.29 is 9.72 Å². The van der Waals surface area contributed by atoms with E-state index in [1.54, 1.807) is 0 Å². The average Bonchev–Trinajstić information content (AvgIpc) is 2.60. The molecule has 3 N–H and O–H groups in total. The van der Waals surface area contributed by atoms with Crippen LogP contribution < -0.4 is 16.2 Å². The average molecular weight is 344 g/mol. The first-order valence-corrected chi connectivity index (χ1v) is 7.61. The molecule has 124 valence electrons. The number of thiocarbonyl (C=S) groups is 1. The summed E-state index contributed by atoms with van der Waals surface area (Å²) in [5.41, 5.74) is 6.95. The lowest BCUT2D eigenvalue weighted by Gasteiger charge is -2.12. The van der Waals surface area contributed by atoms with Crippen molar-refractivity contribution in [2.45, 2.75) is 13.3 Å². The number of hydrogen-bond donors (Lipinski definition) is 3. The molecule has 2 rings (SSSR count). The van der Waals surface area contributed by atoms with Gasteiger partial charge in [-0.1, -0.05) is 25.1 Å². The standard InChI is InChI=1S/C16H16N4O3S/c1-2-11-6-8-13(9-7-11)17-16(24)19-18-15(21)12-4-3-5-14(10-12)20(22)23/h3-10H,2H2,1H3,(H,18,21)(H2,17,19,24). The highest BCUT2D eigenvalue weighted by atomic mass is 32.1. The van der Waals surface area contributed by atoms with Crippen LogP contribution >= 0.6 is 12.2 Å². The lowest BCUT2D eigenvalue weighted by atomic mass is 10.1. The van der Waals surface area contributed by atoms with Gasteiger partial charge in [0.15, 0.2) is 5.11 Å². The van der Waals surface area contributed by atoms with Crippen LogP contribution in [-0.2, 0) is 6.42 Å². The van der Waals surface area contributed by atoms with E-state index in [-0.39, 0.29) is 16.4 Å². The number of anilines is 1. The van der Waals surface area contributed by atoms with Gasteiger partial charge in [-0.05, 0) is 42.4 Å². The number of nitro benzene ring substituents is 1. The fourth-order valence-corrected chi connectivity index (χ4v) is 2.10. The van der Waals surface area contributed by atoms with E-state index in [0.717, 1.165) is 12.1 Å². The minimum absolute atomic E-state index is 0.153. The van der Waals surface area contributed by atoms with Gasteiger partial charge in [-0.15, -0.1) is 0 Å². The highest BCUT2D eigenvalue weighted by Crippen LogP contribution is 2.13. The van der Waals surface area contributed by atoms with Crippen LogP contribution in [0.1, 0.15) is 22.8 Å². The molecule has 0 aliphatic heterocycles. The van der Waals surface area contributed by atoms with Crippen molar-refractivity contribution in [1.82, 2.24) is 10.9 Å². The number of nitro groups is 1. The molecule has 2 aromatic rings. The maximum atomic E-state index is 12.0. The monoisotopic (exact) mass is 344 g/mol. The highest BCUT2D eigenvalue weighted by Gasteiger charge is 2.11. The molecule has 2 aromatic carbocycles. The smallest absolute Gasteiger partial charge is 0.270 e. The Bertz CT molecular complexity index is 762. The highest BCUT2D eigenvalue weighted by molar-refractivity contribution is 7.80. The predicted molar refractivity (Wildman–Crippen MR) is 95.7 cm³/mol. The maximum absolute atomic E-state index is 12.0. The van der Waals surface area contributed by atoms with Gasteiger partial charge >= 0.3 is 0 Å². The molecule has 0 fully saturated rings. The third kappa shape index (κ3) is 4.75. The quantitative estimate of drug-likeness (QED) is 0.448. The van der Waals surface area contributed by atoms with E-state index in [4.69, 9.17) is 12.2 Å². The van der Waals surface area contributed by atoms with Crippen LogP contribution in [0.4, 0.5) is 11.4 Å². The lowest BCUT2D eigenvalue weighted by molar-refractivity contribution is -0.384. The molecule has 0 aliphatic rings. The van der Waals surface area contributed by atoms with Crippen LogP contribution in [0.3, 0.4) is 0 Å². The van der Waals surface area contributed by atoms with Crippen LogP contribution in [0.25, 0.3) is 0 Å². The summed E-state index contributed by atoms with van der Waals surface area (Å²) in [6, 6.07) is 13.2. The molecule has 0 aliphatic carbocycles. The lowest BCUT2D eigenvalue weighted by Crippen LogP contribution is -2.43. The van der Waals surface area contributed by atoms with Crippen LogP contribution in [-0.4, -0.2) is 15.9 Å². The van der Waals surface area contributed by atoms with Crippen LogP contribution in [0.15, 0.2) is 48.5 Å². The maximum Gasteiger partial charge on any atom is 0.270 e. The summed E-state index contributed by atoms with van der Waals surface area (Å²) in [5, 5.41) is 13.9. The predicted octanol–water partition coefficient (Wildman–Crippen LogP) is 2.79. The topological polar surface area (TPSA) is 96.3 Å². The molecule has 8 heteroatoms. The molecule has 0 atom stereocenters. The van der Waals surface area contributed by atoms with E-state index in [0.29, 0.717) is 0 Å². The largest absolute Gasteiger partial charge is 0.331 e. The summed E-state index contributed by atoms with van der Waals surface area (Å²) in [7, 11) is 0. The summed E-state index contributed by atoms with van der Waals surface area (Å²) in [5.74, 6) is -0.524. The Kier molecular flexibility index (Phi) is 5.80. The van der Waals surface area contributed by atoms with Gasteiger partial charge in [0.2, 0.25) is 0 Å². The van der Waals surface area contributed by atoms with Gasteiger partial charge in [0.1, 0.15) is 0 Å². The van der Waals surface area contributed by atoms with E-state index in [2.05, 4.69) is 23.1 Å². The molecule has 0 radical (unpaired) electrons. The Labute approximate surface area is 144 Å². The van der Waals surface area contributed by atoms with Gasteiger partial charge in [0.25, 0.3) is 11.6 Å². The zero-order valence-corrected chi connectivity index (χ0v) is 13.7. The molecule has 0 saturated carbocycles. The molecule has 24 heavy (non-hydrogen) atoms. The second-order valence-corrected chi connectivity index (χ2v) is 5.30. The molecular weight excluding hydrogens is 328 g/mol. The van der Waals surface area contributed by atoms with Crippen molar-refractivity contribution in [2.75, 3.05) is 5.32 Å². The Morgan fingerprint density at radius 3 is 2.50 bits per heavy atom. The molecular formula is C16H16N4O3S. The summed E-state index contributed by atoms with van der Waals surface area (Å²) in [6.45, 7) is 2.07. The molecule has 1 amide bonds. The van der Waals surface area contributed by atoms with Crippen molar-refractivity contribution in [3.05, 3.63) is 69.8 Å². The third-order valence-corrected chi connectivity index (χ3v) is 3.43. The van der Waals surface area contributed by atoms with Crippen molar-refractivity contribution in [3.63, 3.8) is 0 Å². The SMILES string of the molecule is CCc1ccc(NC(=S)NNC(=O)c2cccc([N+](=O)[O-])c2)cc1. The fourth-order valence-electron chi connectivity index (χ4n) is 1.93. The summed E-state index contributed by atoms with van der Waals surface area (Å²) < 4.78 is 0. The molecule has 0 bridgehead atoms. The van der Waals surface area contributed by atoms with Gasteiger partial charge in [0.05, 0.1) is 4.92 Å². The first-order valence-electron chi connectivity index (χ1n) is 7.20. The van der Waals surface area contributed by atoms with Gasteiger partial charge in [-0.2, -0.15) is 0 Å². The van der Waals surface area contributed by atoms with Crippen molar-refractivity contribution in [2.24, 2.45) is 0 Å². The number of nitrogens with zero attached hydrogens (tertiary/aromatic N) is 1. The molecule has 0 unspecified atom stereocenters. The number of carbonyl (C=O) groups excluding carboxylic acids is 1. The van der Waals surface area contributed by atoms with E-state index >= 15 is 0 Å². The minimum Gasteiger partial charge on any atom is -0.331 e. The molecule has 7 nitrogen and oxygen atoms in total. The van der Waals surface area contributed by atoms with Crippen molar-refractivity contribution >= 4 is 34.6 Å². The van der Waals surface area contributed by atoms with E-state index in [9.17, 15) is 14.9 Å². The van der Waals surface area contributed by atoms with E-state index < -0.39 is 10.8 Å². The third-order valence-electron chi connectivity index (χ3n) is 3.23. The fraction of sp³-hybridized carbons (Fsp3) is 0.125. The minimum atomic E-state index is -0.559. The number of benzene rings is 2. The summed E-state index contributed by atoms with van der Waals surface area (Å²) in [6.07, 6.45) is 0.947. The van der Waals surface area contributed by atoms with Gasteiger partial charge < -0.3 is 5.32 Å². The number of carbonyl (C=O) groups is 1. The van der Waals surface area contributed by atoms with Crippen LogP contribution in [0.2, 0.25) is 0 Å². The van der Waals surface area contributed by atoms with E-state index in [1.165, 1.54) is 29.8 Å². The summed E-state index contributed by atoms with van der Waals surface area (Å²) in [4.78, 5) is 22.1. The molecule has 0 heterocycles. The number of non-ortho nitro benzene ring substituents is 1. The Hall–Kier alpha value is -3.00. The Balaban J connectivity index is 1.89. The normalized spacial score (nSPS) is 9.88. The first kappa shape index (κ1) is 17.4. The summed E-state index contributed by atoms with van der Waals surface area (Å²) >= 11 is 5.09. The molecule has 0 saturated heterocycles. The number of amides is 1.